The van der Waals surface area contributed by atoms with Gasteiger partial charge in [-0.2, -0.15) is 0 Å². The van der Waals surface area contributed by atoms with Crippen molar-refractivity contribution in [1.29, 1.82) is 0 Å². The number of amides is 3. The monoisotopic (exact) mass is 313 g/mol. The van der Waals surface area contributed by atoms with E-state index in [1.165, 1.54) is 0 Å². The number of imide groups is 1. The Kier molecular flexibility index (Phi) is 3.14. The number of hydrogen-bond acceptors (Lipinski definition) is 5. The van der Waals surface area contributed by atoms with Gasteiger partial charge in [0, 0.05) is 0 Å². The quantitative estimate of drug-likeness (QED) is 0.368. The number of allylic oxidation sites excluding steroid dienone is 2. The molecule has 21 heavy (non-hydrogen) atoms. The summed E-state index contributed by atoms with van der Waals surface area (Å²) in [5.74, 6) is -1.97. The highest BCUT2D eigenvalue weighted by atomic mass is 32.2. The molecule has 2 fully saturated rings. The van der Waals surface area contributed by atoms with Gasteiger partial charge in [0.05, 0.1) is 18.1 Å². The van der Waals surface area contributed by atoms with Crippen LogP contribution >= 0.6 is 0 Å². The van der Waals surface area contributed by atoms with E-state index in [1.54, 1.807) is 0 Å². The molecule has 4 atom stereocenters. The second-order valence-corrected chi connectivity index (χ2v) is 7.43. The van der Waals surface area contributed by atoms with Gasteiger partial charge in [0.1, 0.15) is 6.54 Å². The highest BCUT2D eigenvalue weighted by Crippen LogP contribution is 2.52. The predicted octanol–water partition coefficient (Wildman–Crippen LogP) is -1.63. The molecule has 3 amide bonds. The van der Waals surface area contributed by atoms with Crippen molar-refractivity contribution in [2.24, 2.45) is 23.7 Å². The van der Waals surface area contributed by atoms with Crippen molar-refractivity contribution >= 4 is 27.7 Å². The first-order valence-electron chi connectivity index (χ1n) is 6.57. The molecule has 0 unspecified atom stereocenters. The molecule has 1 saturated heterocycles. The molecular weight excluding hydrogens is 298 g/mol. The summed E-state index contributed by atoms with van der Waals surface area (Å²) < 4.78 is 21.7. The highest BCUT2D eigenvalue weighted by Gasteiger charge is 2.59. The second-order valence-electron chi connectivity index (χ2n) is 5.68. The van der Waals surface area contributed by atoms with Crippen molar-refractivity contribution in [3.05, 3.63) is 12.2 Å². The number of likely N-dealkylation sites (tertiary alicyclic amines) is 1. The van der Waals surface area contributed by atoms with Gasteiger partial charge in [0.25, 0.3) is 5.91 Å². The lowest BCUT2D eigenvalue weighted by molar-refractivity contribution is -0.144. The first-order valence-corrected chi connectivity index (χ1v) is 8.46. The zero-order chi connectivity index (χ0) is 15.4. The minimum Gasteiger partial charge on any atom is -0.276 e. The largest absolute Gasteiger partial charge is 0.276 e. The fourth-order valence-corrected chi connectivity index (χ4v) is 3.75. The van der Waals surface area contributed by atoms with Gasteiger partial charge < -0.3 is 0 Å². The van der Waals surface area contributed by atoms with Gasteiger partial charge >= 0.3 is 0 Å². The molecule has 1 saturated carbocycles. The zero-order valence-electron chi connectivity index (χ0n) is 11.3. The van der Waals surface area contributed by atoms with Crippen LogP contribution < -0.4 is 10.3 Å². The maximum atomic E-state index is 12.3. The average molecular weight is 313 g/mol. The standard InChI is InChI=1S/C12H15N3O5S/c1-21(19,20)14-13-8(16)5-15-11(17)9-6-2-3-7(4-6)10(9)12(15)18/h2-3,6-7,9-10,14H,4-5H2,1H3,(H,13,16)/t6-,7-,9-,10+/m0/s1. The minimum absolute atomic E-state index is 0.0821. The molecule has 114 valence electrons. The van der Waals surface area contributed by atoms with Crippen LogP contribution in [0.1, 0.15) is 6.42 Å². The molecule has 9 heteroatoms. The maximum Gasteiger partial charge on any atom is 0.255 e. The van der Waals surface area contributed by atoms with E-state index < -0.39 is 22.5 Å². The minimum atomic E-state index is -3.58. The van der Waals surface area contributed by atoms with E-state index in [2.05, 4.69) is 0 Å². The molecule has 2 aliphatic carbocycles. The average Bonchev–Trinajstić information content (AvgIpc) is 3.05. The Hall–Kier alpha value is -1.74. The van der Waals surface area contributed by atoms with Crippen LogP contribution in [-0.2, 0) is 24.4 Å². The normalized spacial score (nSPS) is 33.7. The van der Waals surface area contributed by atoms with E-state index in [9.17, 15) is 22.8 Å². The predicted molar refractivity (Wildman–Crippen MR) is 70.6 cm³/mol. The Bertz CT molecular complexity index is 626. The second kappa shape index (κ2) is 4.63. The van der Waals surface area contributed by atoms with Crippen LogP contribution in [-0.4, -0.2) is 43.8 Å². The van der Waals surface area contributed by atoms with Gasteiger partial charge in [-0.05, 0) is 18.3 Å². The van der Waals surface area contributed by atoms with Crippen molar-refractivity contribution in [2.75, 3.05) is 12.8 Å². The van der Waals surface area contributed by atoms with E-state index in [-0.39, 0.29) is 35.5 Å². The summed E-state index contributed by atoms with van der Waals surface area (Å²) in [6, 6.07) is 0. The first-order chi connectivity index (χ1) is 9.78. The lowest BCUT2D eigenvalue weighted by Gasteiger charge is -2.16. The Morgan fingerprint density at radius 1 is 1.24 bits per heavy atom. The van der Waals surface area contributed by atoms with Crippen molar-refractivity contribution < 1.29 is 22.8 Å². The van der Waals surface area contributed by atoms with Gasteiger partial charge in [0.15, 0.2) is 0 Å². The third-order valence-electron chi connectivity index (χ3n) is 4.24. The fraction of sp³-hybridized carbons (Fsp3) is 0.583. The topological polar surface area (TPSA) is 113 Å². The van der Waals surface area contributed by atoms with Gasteiger partial charge in [-0.25, -0.2) is 8.42 Å². The summed E-state index contributed by atoms with van der Waals surface area (Å²) >= 11 is 0. The van der Waals surface area contributed by atoms with E-state index in [1.807, 2.05) is 22.4 Å². The number of carbonyl (C=O) groups excluding carboxylic acids is 3. The number of nitrogens with one attached hydrogen (secondary N) is 2. The SMILES string of the molecule is CS(=O)(=O)NNC(=O)CN1C(=O)[C@@H]2[C@H](C1=O)[C@H]1C=C[C@H]2C1. The van der Waals surface area contributed by atoms with E-state index in [0.29, 0.717) is 0 Å². The molecular formula is C12H15N3O5S. The summed E-state index contributed by atoms with van der Waals surface area (Å²) in [5, 5.41) is 0. The zero-order valence-corrected chi connectivity index (χ0v) is 12.1. The number of hydrogen-bond donors (Lipinski definition) is 2. The number of rotatable bonds is 4. The molecule has 2 N–H and O–H groups in total. The number of carbonyl (C=O) groups is 3. The number of fused-ring (bicyclic) bond motifs is 5. The lowest BCUT2D eigenvalue weighted by Crippen LogP contribution is -2.47. The summed E-state index contributed by atoms with van der Waals surface area (Å²) in [7, 11) is -3.58. The summed E-state index contributed by atoms with van der Waals surface area (Å²) in [4.78, 5) is 38.9. The van der Waals surface area contributed by atoms with Crippen LogP contribution in [0.15, 0.2) is 12.2 Å². The number of hydrazine groups is 1. The van der Waals surface area contributed by atoms with E-state index in [4.69, 9.17) is 0 Å². The molecule has 0 aromatic carbocycles. The molecule has 0 radical (unpaired) electrons. The smallest absolute Gasteiger partial charge is 0.255 e. The van der Waals surface area contributed by atoms with Crippen LogP contribution in [0.2, 0.25) is 0 Å². The van der Waals surface area contributed by atoms with Gasteiger partial charge in [-0.15, -0.1) is 4.83 Å². The highest BCUT2D eigenvalue weighted by molar-refractivity contribution is 7.88. The molecule has 1 heterocycles. The van der Waals surface area contributed by atoms with Crippen molar-refractivity contribution in [1.82, 2.24) is 15.2 Å². The Morgan fingerprint density at radius 2 is 1.76 bits per heavy atom. The molecule has 3 rings (SSSR count). The van der Waals surface area contributed by atoms with E-state index in [0.717, 1.165) is 17.6 Å². The third kappa shape index (κ3) is 2.36. The summed E-state index contributed by atoms with van der Waals surface area (Å²) in [6.45, 7) is -0.466. The van der Waals surface area contributed by atoms with Crippen LogP contribution in [0.4, 0.5) is 0 Å². The van der Waals surface area contributed by atoms with Gasteiger partial charge in [-0.1, -0.05) is 12.2 Å². The molecule has 8 nitrogen and oxygen atoms in total. The van der Waals surface area contributed by atoms with Gasteiger partial charge in [-0.3, -0.25) is 24.7 Å². The van der Waals surface area contributed by atoms with Crippen molar-refractivity contribution in [3.63, 3.8) is 0 Å². The molecule has 1 aliphatic heterocycles. The Labute approximate surface area is 121 Å². The van der Waals surface area contributed by atoms with Crippen LogP contribution in [0.3, 0.4) is 0 Å². The van der Waals surface area contributed by atoms with Crippen LogP contribution in [0.5, 0.6) is 0 Å². The van der Waals surface area contributed by atoms with E-state index >= 15 is 0 Å². The van der Waals surface area contributed by atoms with Gasteiger partial charge in [0.2, 0.25) is 21.8 Å². The molecule has 2 bridgehead atoms. The third-order valence-corrected chi connectivity index (χ3v) is 4.71. The van der Waals surface area contributed by atoms with Crippen molar-refractivity contribution in [2.45, 2.75) is 6.42 Å². The Balaban J connectivity index is 1.67. The van der Waals surface area contributed by atoms with Crippen LogP contribution in [0.25, 0.3) is 0 Å². The summed E-state index contributed by atoms with van der Waals surface area (Å²) in [5.41, 5.74) is 1.96. The maximum absolute atomic E-state index is 12.3. The first kappa shape index (κ1) is 14.2. The molecule has 3 aliphatic rings. The lowest BCUT2D eigenvalue weighted by atomic mass is 9.85. The molecule has 0 aromatic rings. The van der Waals surface area contributed by atoms with Crippen molar-refractivity contribution in [3.8, 4) is 0 Å². The van der Waals surface area contributed by atoms with Crippen LogP contribution in [0, 0.1) is 23.7 Å². The Morgan fingerprint density at radius 3 is 2.24 bits per heavy atom. The molecule has 0 spiro atoms. The number of nitrogens with zero attached hydrogens (tertiary/aromatic N) is 1. The summed E-state index contributed by atoms with van der Waals surface area (Å²) in [6.07, 6.45) is 5.63. The number of sulfonamides is 1. The molecule has 0 aromatic heterocycles. The fourth-order valence-electron chi connectivity index (χ4n) is 3.45.